The molecule has 0 aliphatic carbocycles. The van der Waals surface area contributed by atoms with E-state index in [-0.39, 0.29) is 0 Å². The van der Waals surface area contributed by atoms with Crippen LogP contribution in [0.4, 0.5) is 0 Å². The smallest absolute Gasteiger partial charge is 0.161 e. The van der Waals surface area contributed by atoms with E-state index >= 15 is 0 Å². The summed E-state index contributed by atoms with van der Waals surface area (Å²) in [6, 6.07) is 0. The summed E-state index contributed by atoms with van der Waals surface area (Å²) in [4.78, 5) is 0. The van der Waals surface area contributed by atoms with E-state index in [0.717, 1.165) is 0 Å². The highest BCUT2D eigenvalue weighted by atomic mass is 32.9. The van der Waals surface area contributed by atoms with Crippen molar-refractivity contribution in [1.82, 2.24) is 0 Å². The van der Waals surface area contributed by atoms with Crippen LogP contribution in [0.3, 0.4) is 0 Å². The van der Waals surface area contributed by atoms with Gasteiger partial charge in [-0.05, 0) is 27.3 Å². The molecule has 0 aromatic rings. The van der Waals surface area contributed by atoms with E-state index in [9.17, 15) is 0 Å². The van der Waals surface area contributed by atoms with Gasteiger partial charge in [-0.15, -0.1) is 13.3 Å². The first-order valence-corrected chi connectivity index (χ1v) is 22.8. The van der Waals surface area contributed by atoms with Gasteiger partial charge in [-0.25, -0.2) is 16.5 Å². The Morgan fingerprint density at radius 1 is 1.13 bits per heavy atom. The first-order chi connectivity index (χ1) is 7.10. The second kappa shape index (κ2) is 11.2. The van der Waals surface area contributed by atoms with Crippen LogP contribution in [-0.4, -0.2) is 40.0 Å². The lowest BCUT2D eigenvalue weighted by Gasteiger charge is -2.12. The molecule has 0 bridgehead atoms. The quantitative estimate of drug-likeness (QED) is 0.412. The maximum absolute atomic E-state index is 2.55. The molecule has 0 nitrogen and oxygen atoms in total. The molecule has 0 aromatic heterocycles. The lowest BCUT2D eigenvalue weighted by molar-refractivity contribution is 2.42. The van der Waals surface area contributed by atoms with E-state index in [1.165, 1.54) is 8.27 Å². The highest BCUT2D eigenvalue weighted by Crippen LogP contribution is 2.91. The maximum atomic E-state index is 2.55. The van der Waals surface area contributed by atoms with Crippen LogP contribution < -0.4 is 0 Å². The SMILES string of the molecule is CP=[P+]([P-]C)[P+](=PP(C)P(C)PC)[P-]C. The Bertz CT molecular complexity index is 235. The first-order valence-electron chi connectivity index (χ1n) is 4.36. The summed E-state index contributed by atoms with van der Waals surface area (Å²) in [5.41, 5.74) is 0. The van der Waals surface area contributed by atoms with Crippen molar-refractivity contribution < 1.29 is 0 Å². The zero-order chi connectivity index (χ0) is 11.8. The van der Waals surface area contributed by atoms with Gasteiger partial charge < -0.3 is 0 Å². The van der Waals surface area contributed by atoms with Crippen LogP contribution in [0.2, 0.25) is 0 Å². The van der Waals surface area contributed by atoms with Gasteiger partial charge in [0.25, 0.3) is 0 Å². The Morgan fingerprint density at radius 2 is 1.67 bits per heavy atom. The fourth-order valence-electron chi connectivity index (χ4n) is 0.726. The van der Waals surface area contributed by atoms with Crippen molar-refractivity contribution in [1.29, 1.82) is 0 Å². The molecule has 0 spiro atoms. The Balaban J connectivity index is 4.72. The highest BCUT2D eigenvalue weighted by Gasteiger charge is 2.16. The summed E-state index contributed by atoms with van der Waals surface area (Å²) < 4.78 is 0. The van der Waals surface area contributed by atoms with Gasteiger partial charge >= 0.3 is 0 Å². The number of hydrogen-bond acceptors (Lipinski definition) is 0. The molecule has 0 aliphatic rings. The van der Waals surface area contributed by atoms with Gasteiger partial charge in [0, 0.05) is 14.0 Å². The van der Waals surface area contributed by atoms with Crippen LogP contribution in [0, 0.1) is 0 Å². The van der Waals surface area contributed by atoms with Crippen LogP contribution in [0.25, 0.3) is 0 Å². The zero-order valence-electron chi connectivity index (χ0n) is 10.1. The van der Waals surface area contributed by atoms with E-state index in [1.807, 2.05) is 7.56 Å². The van der Waals surface area contributed by atoms with E-state index in [4.69, 9.17) is 0 Å². The summed E-state index contributed by atoms with van der Waals surface area (Å²) in [5, 5.41) is 0. The Labute approximate surface area is 108 Å². The van der Waals surface area contributed by atoms with E-state index in [1.54, 1.807) is 24.4 Å². The van der Waals surface area contributed by atoms with E-state index < -0.39 is 0 Å². The van der Waals surface area contributed by atoms with Crippen molar-refractivity contribution in [3.63, 3.8) is 0 Å². The van der Waals surface area contributed by atoms with Crippen LogP contribution >= 0.6 is 68.0 Å². The van der Waals surface area contributed by atoms with Gasteiger partial charge in [-0.2, -0.15) is 0 Å². The average Bonchev–Trinajstić information content (AvgIpc) is 2.27. The molecule has 0 saturated carbocycles. The summed E-state index contributed by atoms with van der Waals surface area (Å²) in [6.45, 7) is 15.2. The summed E-state index contributed by atoms with van der Waals surface area (Å²) in [6.07, 6.45) is 0. The molecule has 0 amide bonds. The molecular weight excluding hydrogens is 351 g/mol. The summed E-state index contributed by atoms with van der Waals surface area (Å²) in [5.74, 6) is 0. The molecule has 5 atom stereocenters. The molecule has 0 radical (unpaired) electrons. The minimum Gasteiger partial charge on any atom is -0.215 e. The minimum atomic E-state index is 0.332. The molecule has 0 aliphatic heterocycles. The minimum absolute atomic E-state index is 0.332. The van der Waals surface area contributed by atoms with Crippen molar-refractivity contribution in [2.24, 2.45) is 0 Å². The van der Waals surface area contributed by atoms with Crippen LogP contribution in [0.15, 0.2) is 0 Å². The van der Waals surface area contributed by atoms with Crippen molar-refractivity contribution in [2.45, 2.75) is 0 Å². The normalized spacial score (nSPS) is 20.1. The van der Waals surface area contributed by atoms with Crippen LogP contribution in [0.5, 0.6) is 0 Å². The third-order valence-corrected chi connectivity index (χ3v) is 54.8. The predicted octanol–water partition coefficient (Wildman–Crippen LogP) is 8.48. The van der Waals surface area contributed by atoms with Crippen LogP contribution in [-0.2, 0) is 0 Å². The Hall–Kier alpha value is 3.35. The fraction of sp³-hybridized carbons (Fsp3) is 1.00. The molecule has 0 aromatic carbocycles. The van der Waals surface area contributed by atoms with Gasteiger partial charge in [-0.1, -0.05) is 8.27 Å². The molecule has 9 heteroatoms. The third-order valence-electron chi connectivity index (χ3n) is 1.66. The molecule has 0 N–H and O–H groups in total. The standard InChI is InChI=1S/C6H19P9/c1-7-12(5)13(6)11-15(10-4)14(8-2)9-3/h7H,1-6H3. The average molecular weight is 370 g/mol. The maximum Gasteiger partial charge on any atom is 0.161 e. The molecule has 0 heterocycles. The Morgan fingerprint density at radius 3 is 2.00 bits per heavy atom. The molecule has 88 valence electrons. The van der Waals surface area contributed by atoms with Gasteiger partial charge in [-0.3, -0.25) is 0 Å². The summed E-state index contributed by atoms with van der Waals surface area (Å²) >= 11 is 0. The second-order valence-electron chi connectivity index (χ2n) is 2.46. The molecule has 0 rings (SSSR count). The van der Waals surface area contributed by atoms with Gasteiger partial charge in [0.1, 0.15) is 21.0 Å². The molecular formula is C6H19P9. The zero-order valence-corrected chi connectivity index (χ0v) is 18.2. The Kier molecular flexibility index (Phi) is 13.7. The van der Waals surface area contributed by atoms with Crippen molar-refractivity contribution in [3.8, 4) is 0 Å². The van der Waals surface area contributed by atoms with Gasteiger partial charge in [0.05, 0.1) is 0 Å². The predicted molar refractivity (Wildman–Crippen MR) is 99.2 cm³/mol. The van der Waals surface area contributed by atoms with Gasteiger partial charge in [0.15, 0.2) is 7.56 Å². The lowest BCUT2D eigenvalue weighted by atomic mass is 12.0. The fourth-order valence-corrected chi connectivity index (χ4v) is 63.4. The monoisotopic (exact) mass is 370 g/mol. The van der Waals surface area contributed by atoms with E-state index in [0.29, 0.717) is 27.8 Å². The molecule has 15 heavy (non-hydrogen) atoms. The topological polar surface area (TPSA) is 0 Å². The molecule has 0 fully saturated rings. The second-order valence-corrected chi connectivity index (χ2v) is 36.8. The lowest BCUT2D eigenvalue weighted by Crippen LogP contribution is -1.50. The van der Waals surface area contributed by atoms with Crippen molar-refractivity contribution in [3.05, 3.63) is 0 Å². The molecule has 5 unspecified atom stereocenters. The summed E-state index contributed by atoms with van der Waals surface area (Å²) in [7, 11) is 8.88. The number of hydrogen-bond donors (Lipinski definition) is 0. The number of rotatable bonds is 6. The van der Waals surface area contributed by atoms with Crippen molar-refractivity contribution >= 4 is 68.0 Å². The third kappa shape index (κ3) is 7.50. The molecule has 0 saturated heterocycles. The first kappa shape index (κ1) is 18.4. The van der Waals surface area contributed by atoms with E-state index in [2.05, 4.69) is 40.0 Å². The largest absolute Gasteiger partial charge is 0.215 e. The highest BCUT2D eigenvalue weighted by molar-refractivity contribution is 8.89. The van der Waals surface area contributed by atoms with Gasteiger partial charge in [0.2, 0.25) is 0 Å². The van der Waals surface area contributed by atoms with Crippen molar-refractivity contribution in [2.75, 3.05) is 40.0 Å². The van der Waals surface area contributed by atoms with Crippen LogP contribution in [0.1, 0.15) is 0 Å².